The zero-order valence-corrected chi connectivity index (χ0v) is 28.1. The average molecular weight is 661 g/mol. The number of ether oxygens (including phenoxy) is 5. The van der Waals surface area contributed by atoms with Crippen molar-refractivity contribution in [2.75, 3.05) is 6.61 Å². The van der Waals surface area contributed by atoms with Crippen molar-refractivity contribution in [1.82, 2.24) is 0 Å². The van der Waals surface area contributed by atoms with Crippen molar-refractivity contribution in [2.45, 2.75) is 103 Å². The van der Waals surface area contributed by atoms with Crippen LogP contribution in [0.5, 0.6) is 0 Å². The standard InChI is InChI=1S/C33H41O12P/c1-16-21(41-17(2)34)14-33(39)28(43-29(38)20-11-9-8-10-12-20)26-31(7,27(37)25(42-18(3)35)24(16)30(33,5)6)22(45-46)13-23-32(26,15-40-23)44-19(4)36/h8-12,21-23,25-26,28,39H,13-15,46H2,1-7H3/t21?,22?,23?,25?,26?,28?,31-,32?,33?/m1/s1. The molecule has 1 N–H and O–H groups in total. The molecule has 9 unspecified atom stereocenters. The van der Waals surface area contributed by atoms with Crippen LogP contribution in [0.15, 0.2) is 41.5 Å². The quantitative estimate of drug-likeness (QED) is 0.206. The number of ketones is 1. The summed E-state index contributed by atoms with van der Waals surface area (Å²) in [5.74, 6) is -4.81. The maximum atomic E-state index is 15.2. The van der Waals surface area contributed by atoms with E-state index in [0.717, 1.165) is 0 Å². The summed E-state index contributed by atoms with van der Waals surface area (Å²) < 4.78 is 35.7. The number of carbonyl (C=O) groups excluding carboxylic acids is 5. The molecule has 2 bridgehead atoms. The Morgan fingerprint density at radius 1 is 0.957 bits per heavy atom. The van der Waals surface area contributed by atoms with Crippen molar-refractivity contribution in [1.29, 1.82) is 0 Å². The number of aliphatic hydroxyl groups is 1. The van der Waals surface area contributed by atoms with E-state index in [1.54, 1.807) is 58.0 Å². The van der Waals surface area contributed by atoms with E-state index in [4.69, 9.17) is 28.2 Å². The van der Waals surface area contributed by atoms with Crippen molar-refractivity contribution in [3.8, 4) is 0 Å². The van der Waals surface area contributed by atoms with Gasteiger partial charge in [0.2, 0.25) is 0 Å². The van der Waals surface area contributed by atoms with Gasteiger partial charge in [-0.3, -0.25) is 19.2 Å². The molecule has 10 atom stereocenters. The van der Waals surface area contributed by atoms with Crippen LogP contribution in [0.1, 0.15) is 71.7 Å². The number of fused-ring (bicyclic) bond motifs is 5. The molecule has 1 saturated heterocycles. The summed E-state index contributed by atoms with van der Waals surface area (Å²) in [4.78, 5) is 66.9. The van der Waals surface area contributed by atoms with Crippen LogP contribution in [0, 0.1) is 16.7 Å². The predicted octanol–water partition coefficient (Wildman–Crippen LogP) is 3.04. The van der Waals surface area contributed by atoms with Gasteiger partial charge in [-0.05, 0) is 37.1 Å². The summed E-state index contributed by atoms with van der Waals surface area (Å²) >= 11 is 0. The molecule has 1 aromatic rings. The first-order valence-corrected chi connectivity index (χ1v) is 15.7. The molecule has 13 heteroatoms. The van der Waals surface area contributed by atoms with Crippen LogP contribution in [0.4, 0.5) is 0 Å². The Bertz CT molecular complexity index is 1490. The van der Waals surface area contributed by atoms with E-state index in [0.29, 0.717) is 5.57 Å². The first kappa shape index (κ1) is 34.2. The van der Waals surface area contributed by atoms with Crippen LogP contribution in [0.3, 0.4) is 0 Å². The number of hydrogen-bond donors (Lipinski definition) is 1. The zero-order chi connectivity index (χ0) is 34.0. The fourth-order valence-electron chi connectivity index (χ4n) is 8.39. The van der Waals surface area contributed by atoms with E-state index < -0.39 is 88.1 Å². The molecule has 0 spiro atoms. The van der Waals surface area contributed by atoms with Gasteiger partial charge in [-0.15, -0.1) is 0 Å². The number of rotatable bonds is 6. The number of esters is 4. The molecule has 0 amide bonds. The van der Waals surface area contributed by atoms with Gasteiger partial charge in [-0.1, -0.05) is 32.0 Å². The van der Waals surface area contributed by atoms with Gasteiger partial charge in [0.15, 0.2) is 17.5 Å². The van der Waals surface area contributed by atoms with Gasteiger partial charge in [0.1, 0.15) is 23.9 Å². The Labute approximate surface area is 269 Å². The second-order valence-electron chi connectivity index (χ2n) is 13.5. The van der Waals surface area contributed by atoms with Gasteiger partial charge in [0, 0.05) is 48.5 Å². The Hall–Kier alpha value is -3.18. The second kappa shape index (κ2) is 11.8. The molecule has 1 heterocycles. The highest BCUT2D eigenvalue weighted by atomic mass is 31.0. The Morgan fingerprint density at radius 2 is 1.59 bits per heavy atom. The van der Waals surface area contributed by atoms with Gasteiger partial charge >= 0.3 is 23.9 Å². The molecule has 5 rings (SSSR count). The number of hydrogen-bond acceptors (Lipinski definition) is 12. The van der Waals surface area contributed by atoms with E-state index in [1.807, 2.05) is 0 Å². The smallest absolute Gasteiger partial charge is 0.338 e. The van der Waals surface area contributed by atoms with Crippen molar-refractivity contribution in [3.63, 3.8) is 0 Å². The summed E-state index contributed by atoms with van der Waals surface area (Å²) in [7, 11) is 2.16. The van der Waals surface area contributed by atoms with Gasteiger partial charge < -0.3 is 33.3 Å². The lowest BCUT2D eigenvalue weighted by molar-refractivity contribution is -0.343. The highest BCUT2D eigenvalue weighted by molar-refractivity contribution is 7.09. The van der Waals surface area contributed by atoms with Crippen LogP contribution in [0.25, 0.3) is 0 Å². The molecule has 0 aromatic heterocycles. The van der Waals surface area contributed by atoms with Gasteiger partial charge in [0.05, 0.1) is 29.6 Å². The van der Waals surface area contributed by atoms with E-state index in [-0.39, 0.29) is 30.6 Å². The van der Waals surface area contributed by atoms with Crippen LogP contribution < -0.4 is 0 Å². The first-order chi connectivity index (χ1) is 21.5. The lowest BCUT2D eigenvalue weighted by atomic mass is 9.44. The van der Waals surface area contributed by atoms with E-state index in [9.17, 15) is 24.3 Å². The van der Waals surface area contributed by atoms with Gasteiger partial charge in [0.25, 0.3) is 0 Å². The molecule has 1 aliphatic heterocycles. The third-order valence-corrected chi connectivity index (χ3v) is 11.0. The largest absolute Gasteiger partial charge is 0.458 e. The minimum atomic E-state index is -2.10. The van der Waals surface area contributed by atoms with E-state index >= 15 is 4.79 Å². The molecule has 250 valence electrons. The van der Waals surface area contributed by atoms with Crippen molar-refractivity contribution in [3.05, 3.63) is 47.0 Å². The van der Waals surface area contributed by atoms with Crippen LogP contribution in [-0.2, 0) is 47.4 Å². The third kappa shape index (κ3) is 5.00. The molecular formula is C33H41O12P. The summed E-state index contributed by atoms with van der Waals surface area (Å²) in [5.41, 5.74) is -6.01. The number of Topliss-reactive ketones (excluding diaryl/α,β-unsaturated/α-hetero) is 1. The van der Waals surface area contributed by atoms with Crippen molar-refractivity contribution < 1.29 is 57.3 Å². The van der Waals surface area contributed by atoms with Gasteiger partial charge in [-0.2, -0.15) is 0 Å². The maximum Gasteiger partial charge on any atom is 0.338 e. The molecule has 3 aliphatic carbocycles. The van der Waals surface area contributed by atoms with E-state index in [1.165, 1.54) is 20.8 Å². The SMILES string of the molecule is CC(=O)OC1CC2(O)C(OC(=O)c3ccccc3)C3C4(OC(C)=O)COC4CC(OP)[C@@]3(C)C(=O)C(OC(C)=O)C(=C1C)C2(C)C. The fourth-order valence-corrected chi connectivity index (χ4v) is 8.79. The molecule has 1 aromatic carbocycles. The first-order valence-electron chi connectivity index (χ1n) is 15.2. The fraction of sp³-hybridized carbons (Fsp3) is 0.606. The lowest BCUT2D eigenvalue weighted by Crippen LogP contribution is -2.82. The van der Waals surface area contributed by atoms with Gasteiger partial charge in [-0.25, -0.2) is 4.79 Å². The molecule has 46 heavy (non-hydrogen) atoms. The molecule has 4 aliphatic rings. The van der Waals surface area contributed by atoms with Crippen molar-refractivity contribution >= 4 is 39.1 Å². The molecule has 3 fully saturated rings. The molecule has 12 nitrogen and oxygen atoms in total. The highest BCUT2D eigenvalue weighted by Gasteiger charge is 2.78. The highest BCUT2D eigenvalue weighted by Crippen LogP contribution is 2.65. The summed E-state index contributed by atoms with van der Waals surface area (Å²) in [6, 6.07) is 8.13. The lowest BCUT2D eigenvalue weighted by Gasteiger charge is -2.67. The Kier molecular flexibility index (Phi) is 8.77. The molecule has 2 saturated carbocycles. The zero-order valence-electron chi connectivity index (χ0n) is 27.0. The monoisotopic (exact) mass is 660 g/mol. The van der Waals surface area contributed by atoms with E-state index in [2.05, 4.69) is 9.47 Å². The normalized spacial score (nSPS) is 37.7. The topological polar surface area (TPSA) is 161 Å². The summed E-state index contributed by atoms with van der Waals surface area (Å²) in [5, 5.41) is 13.2. The van der Waals surface area contributed by atoms with Crippen LogP contribution in [-0.4, -0.2) is 83.1 Å². The van der Waals surface area contributed by atoms with Crippen LogP contribution in [0.2, 0.25) is 0 Å². The summed E-state index contributed by atoms with van der Waals surface area (Å²) in [6.07, 6.45) is -6.14. The number of benzene rings is 1. The Balaban J connectivity index is 1.88. The Morgan fingerprint density at radius 3 is 2.11 bits per heavy atom. The predicted molar refractivity (Wildman–Crippen MR) is 163 cm³/mol. The van der Waals surface area contributed by atoms with Crippen molar-refractivity contribution in [2.24, 2.45) is 16.7 Å². The minimum Gasteiger partial charge on any atom is -0.458 e. The summed E-state index contributed by atoms with van der Waals surface area (Å²) in [6.45, 7) is 9.99. The molecular weight excluding hydrogens is 619 g/mol. The van der Waals surface area contributed by atoms with Crippen LogP contribution >= 0.6 is 9.47 Å². The average Bonchev–Trinajstić information content (AvgIpc) is 2.96. The third-order valence-electron chi connectivity index (χ3n) is 10.6. The minimum absolute atomic E-state index is 0.0948. The number of carbonyl (C=O) groups is 5. The molecule has 0 radical (unpaired) electrons. The second-order valence-corrected chi connectivity index (χ2v) is 13.7. The maximum absolute atomic E-state index is 15.2.